The molecule has 1 aromatic rings. The van der Waals surface area contributed by atoms with Gasteiger partial charge in [-0.1, -0.05) is 19.1 Å². The molecule has 0 spiro atoms. The van der Waals surface area contributed by atoms with Crippen molar-refractivity contribution >= 4 is 17.7 Å². The summed E-state index contributed by atoms with van der Waals surface area (Å²) in [5.41, 5.74) is 0.838. The number of ether oxygens (including phenoxy) is 1. The Balaban J connectivity index is 2.44. The predicted molar refractivity (Wildman–Crippen MR) is 77.2 cm³/mol. The number of carbonyl (C=O) groups excluding carboxylic acids is 1. The minimum absolute atomic E-state index is 0.0288. The lowest BCUT2D eigenvalue weighted by Crippen LogP contribution is -2.31. The Morgan fingerprint density at radius 2 is 1.95 bits per heavy atom. The van der Waals surface area contributed by atoms with Gasteiger partial charge in [0.1, 0.15) is 5.75 Å². The van der Waals surface area contributed by atoms with E-state index in [1.807, 2.05) is 6.92 Å². The molecule has 0 saturated heterocycles. The normalized spacial score (nSPS) is 12.8. The molecule has 21 heavy (non-hydrogen) atoms. The second kappa shape index (κ2) is 8.17. The molecule has 0 saturated carbocycles. The van der Waals surface area contributed by atoms with Crippen LogP contribution in [0.3, 0.4) is 0 Å². The fourth-order valence-electron chi connectivity index (χ4n) is 1.48. The van der Waals surface area contributed by atoms with Gasteiger partial charge in [0.25, 0.3) is 0 Å². The third kappa shape index (κ3) is 7.27. The number of rotatable bonds is 7. The maximum atomic E-state index is 12.0. The largest absolute Gasteiger partial charge is 0.573 e. The van der Waals surface area contributed by atoms with Gasteiger partial charge in [0.15, 0.2) is 0 Å². The highest BCUT2D eigenvalue weighted by Crippen LogP contribution is 2.24. The maximum Gasteiger partial charge on any atom is 0.573 e. The molecule has 7 heteroatoms. The molecular formula is C14H18F3NO2S. The van der Waals surface area contributed by atoms with Gasteiger partial charge >= 0.3 is 6.36 Å². The minimum atomic E-state index is -4.68. The SMILES string of the molecule is CCCNC(=O)C(C)SCc1ccc(OC(F)(F)F)cc1. The summed E-state index contributed by atoms with van der Waals surface area (Å²) in [5, 5.41) is 2.59. The van der Waals surface area contributed by atoms with Crippen molar-refractivity contribution < 1.29 is 22.7 Å². The van der Waals surface area contributed by atoms with E-state index in [1.54, 1.807) is 19.1 Å². The van der Waals surface area contributed by atoms with Crippen LogP contribution in [0.25, 0.3) is 0 Å². The third-order valence-corrected chi connectivity index (χ3v) is 3.79. The second-order valence-corrected chi connectivity index (χ2v) is 5.77. The van der Waals surface area contributed by atoms with Crippen molar-refractivity contribution in [3.8, 4) is 5.75 Å². The van der Waals surface area contributed by atoms with E-state index < -0.39 is 6.36 Å². The maximum absolute atomic E-state index is 12.0. The lowest BCUT2D eigenvalue weighted by atomic mass is 10.2. The van der Waals surface area contributed by atoms with Gasteiger partial charge in [-0.05, 0) is 31.0 Å². The Hall–Kier alpha value is -1.37. The fourth-order valence-corrected chi connectivity index (χ4v) is 2.35. The summed E-state index contributed by atoms with van der Waals surface area (Å²) in [6.07, 6.45) is -3.80. The van der Waals surface area contributed by atoms with Crippen molar-refractivity contribution in [2.45, 2.75) is 37.6 Å². The van der Waals surface area contributed by atoms with Crippen LogP contribution >= 0.6 is 11.8 Å². The Bertz CT molecular complexity index is 449. The molecule has 0 fully saturated rings. The van der Waals surface area contributed by atoms with E-state index >= 15 is 0 Å². The molecule has 1 amide bonds. The van der Waals surface area contributed by atoms with Crippen LogP contribution in [0.2, 0.25) is 0 Å². The smallest absolute Gasteiger partial charge is 0.406 e. The minimum Gasteiger partial charge on any atom is -0.406 e. The molecule has 0 bridgehead atoms. The molecule has 0 aromatic heterocycles. The summed E-state index contributed by atoms with van der Waals surface area (Å²) in [7, 11) is 0. The number of hydrogen-bond donors (Lipinski definition) is 1. The molecule has 1 aromatic carbocycles. The highest BCUT2D eigenvalue weighted by molar-refractivity contribution is 7.99. The molecule has 1 N–H and O–H groups in total. The molecular weight excluding hydrogens is 303 g/mol. The van der Waals surface area contributed by atoms with Crippen LogP contribution in [-0.2, 0) is 10.5 Å². The van der Waals surface area contributed by atoms with Crippen LogP contribution in [0, 0.1) is 0 Å². The van der Waals surface area contributed by atoms with Crippen LogP contribution in [0.4, 0.5) is 13.2 Å². The molecule has 3 nitrogen and oxygen atoms in total. The van der Waals surface area contributed by atoms with Crippen molar-refractivity contribution in [3.05, 3.63) is 29.8 Å². The number of nitrogens with one attached hydrogen (secondary N) is 1. The van der Waals surface area contributed by atoms with Gasteiger partial charge in [-0.3, -0.25) is 4.79 Å². The van der Waals surface area contributed by atoms with E-state index in [0.29, 0.717) is 12.3 Å². The van der Waals surface area contributed by atoms with Crippen molar-refractivity contribution in [1.29, 1.82) is 0 Å². The summed E-state index contributed by atoms with van der Waals surface area (Å²) >= 11 is 1.43. The average Bonchev–Trinajstić information content (AvgIpc) is 2.42. The molecule has 0 aliphatic carbocycles. The number of amides is 1. The summed E-state index contributed by atoms with van der Waals surface area (Å²) < 4.78 is 39.8. The van der Waals surface area contributed by atoms with Crippen molar-refractivity contribution in [3.63, 3.8) is 0 Å². The Morgan fingerprint density at radius 3 is 2.48 bits per heavy atom. The Kier molecular flexibility index (Phi) is 6.87. The molecule has 1 unspecified atom stereocenters. The van der Waals surface area contributed by atoms with E-state index in [0.717, 1.165) is 12.0 Å². The van der Waals surface area contributed by atoms with Crippen LogP contribution in [0.1, 0.15) is 25.8 Å². The molecule has 1 atom stereocenters. The summed E-state index contributed by atoms with van der Waals surface area (Å²) in [6.45, 7) is 4.42. The zero-order valence-corrected chi connectivity index (χ0v) is 12.7. The Morgan fingerprint density at radius 1 is 1.33 bits per heavy atom. The second-order valence-electron chi connectivity index (χ2n) is 4.44. The van der Waals surface area contributed by atoms with E-state index in [9.17, 15) is 18.0 Å². The molecule has 1 rings (SSSR count). The van der Waals surface area contributed by atoms with Gasteiger partial charge in [0.2, 0.25) is 5.91 Å². The van der Waals surface area contributed by atoms with Gasteiger partial charge in [-0.25, -0.2) is 0 Å². The number of halogens is 3. The predicted octanol–water partition coefficient (Wildman–Crippen LogP) is 3.73. The molecule has 0 radical (unpaired) electrons. The molecule has 118 valence electrons. The summed E-state index contributed by atoms with van der Waals surface area (Å²) in [5.74, 6) is 0.274. The van der Waals surface area contributed by atoms with Crippen molar-refractivity contribution in [2.75, 3.05) is 6.54 Å². The topological polar surface area (TPSA) is 38.3 Å². The number of benzene rings is 1. The number of hydrogen-bond acceptors (Lipinski definition) is 3. The first-order valence-electron chi connectivity index (χ1n) is 6.56. The lowest BCUT2D eigenvalue weighted by molar-refractivity contribution is -0.274. The summed E-state index contributed by atoms with van der Waals surface area (Å²) in [6, 6.07) is 5.66. The zero-order valence-electron chi connectivity index (χ0n) is 11.9. The quantitative estimate of drug-likeness (QED) is 0.831. The molecule has 0 aliphatic rings. The van der Waals surface area contributed by atoms with Crippen molar-refractivity contribution in [1.82, 2.24) is 5.32 Å². The van der Waals surface area contributed by atoms with Crippen LogP contribution in [-0.4, -0.2) is 24.1 Å². The zero-order chi connectivity index (χ0) is 15.9. The first-order valence-corrected chi connectivity index (χ1v) is 7.60. The van der Waals surface area contributed by atoms with Crippen LogP contribution in [0.5, 0.6) is 5.75 Å². The van der Waals surface area contributed by atoms with E-state index in [2.05, 4.69) is 10.1 Å². The molecule has 0 heterocycles. The molecule has 0 aliphatic heterocycles. The first kappa shape index (κ1) is 17.7. The van der Waals surface area contributed by atoms with Gasteiger partial charge in [-0.2, -0.15) is 0 Å². The number of thioether (sulfide) groups is 1. The van der Waals surface area contributed by atoms with Gasteiger partial charge in [0.05, 0.1) is 5.25 Å². The fraction of sp³-hybridized carbons (Fsp3) is 0.500. The monoisotopic (exact) mass is 321 g/mol. The van der Waals surface area contributed by atoms with Gasteiger partial charge in [-0.15, -0.1) is 24.9 Å². The van der Waals surface area contributed by atoms with E-state index in [1.165, 1.54) is 23.9 Å². The van der Waals surface area contributed by atoms with E-state index in [4.69, 9.17) is 0 Å². The van der Waals surface area contributed by atoms with Gasteiger partial charge in [0, 0.05) is 12.3 Å². The average molecular weight is 321 g/mol. The number of alkyl halides is 3. The van der Waals surface area contributed by atoms with Crippen molar-refractivity contribution in [2.24, 2.45) is 0 Å². The number of carbonyl (C=O) groups is 1. The highest BCUT2D eigenvalue weighted by atomic mass is 32.2. The third-order valence-electron chi connectivity index (χ3n) is 2.58. The van der Waals surface area contributed by atoms with Crippen LogP contribution in [0.15, 0.2) is 24.3 Å². The lowest BCUT2D eigenvalue weighted by Gasteiger charge is -2.12. The first-order chi connectivity index (χ1) is 9.81. The summed E-state index contributed by atoms with van der Waals surface area (Å²) in [4.78, 5) is 11.7. The highest BCUT2D eigenvalue weighted by Gasteiger charge is 2.30. The van der Waals surface area contributed by atoms with Gasteiger partial charge < -0.3 is 10.1 Å². The van der Waals surface area contributed by atoms with Crippen LogP contribution < -0.4 is 10.1 Å². The standard InChI is InChI=1S/C14H18F3NO2S/c1-3-8-18-13(19)10(2)21-9-11-4-6-12(7-5-11)20-14(15,16)17/h4-7,10H,3,8-9H2,1-2H3,(H,18,19). The van der Waals surface area contributed by atoms with E-state index in [-0.39, 0.29) is 16.9 Å². The Labute approximate surface area is 126 Å².